The fraction of sp³-hybridized carbons (Fsp3) is 0.0870. The van der Waals surface area contributed by atoms with E-state index in [-0.39, 0.29) is 30.9 Å². The topological polar surface area (TPSA) is 136 Å². The van der Waals surface area contributed by atoms with Crippen LogP contribution in [0.15, 0.2) is 63.7 Å². The van der Waals surface area contributed by atoms with Crippen molar-refractivity contribution in [2.24, 2.45) is 0 Å². The van der Waals surface area contributed by atoms with Gasteiger partial charge in [-0.05, 0) is 48.5 Å². The number of benzene rings is 2. The standard InChI is InChI=1S/C23H18ClFN4O6S2/c1-26-12-3-5-14-15(9-12)16(22(31)35-2)11-29(21(14)30)18-6-4-13(10-17(18)25)27-23(32)28-37(33,34)20-8-7-19(24)36-20/h3-11,26H,1-2H3,(H2,27,28,32). The van der Waals surface area contributed by atoms with Gasteiger partial charge in [-0.1, -0.05) is 11.6 Å². The minimum atomic E-state index is -4.18. The number of fused-ring (bicyclic) bond motifs is 1. The quantitative estimate of drug-likeness (QED) is 0.299. The van der Waals surface area contributed by atoms with Crippen molar-refractivity contribution in [1.29, 1.82) is 0 Å². The Labute approximate surface area is 218 Å². The zero-order valence-electron chi connectivity index (χ0n) is 19.2. The Morgan fingerprint density at radius 3 is 2.41 bits per heavy atom. The number of nitrogens with one attached hydrogen (secondary N) is 3. The number of aromatic nitrogens is 1. The third-order valence-electron chi connectivity index (χ3n) is 5.22. The second-order valence-electron chi connectivity index (χ2n) is 7.50. The Hall–Kier alpha value is -3.94. The van der Waals surface area contributed by atoms with E-state index in [1.165, 1.54) is 43.6 Å². The number of sulfonamides is 1. The first-order chi connectivity index (χ1) is 17.5. The van der Waals surface area contributed by atoms with Crippen LogP contribution in [-0.2, 0) is 14.8 Å². The summed E-state index contributed by atoms with van der Waals surface area (Å²) in [5.41, 5.74) is -0.197. The molecule has 0 saturated heterocycles. The first-order valence-electron chi connectivity index (χ1n) is 10.4. The molecule has 0 unspecified atom stereocenters. The number of hydrogen-bond donors (Lipinski definition) is 3. The van der Waals surface area contributed by atoms with E-state index in [2.05, 4.69) is 10.6 Å². The summed E-state index contributed by atoms with van der Waals surface area (Å²) >= 11 is 6.50. The molecule has 0 aliphatic carbocycles. The zero-order chi connectivity index (χ0) is 26.9. The van der Waals surface area contributed by atoms with E-state index in [4.69, 9.17) is 16.3 Å². The van der Waals surface area contributed by atoms with Crippen molar-refractivity contribution in [2.75, 3.05) is 24.8 Å². The first-order valence-corrected chi connectivity index (χ1v) is 13.1. The number of nitrogens with zero attached hydrogens (tertiary/aromatic N) is 1. The number of ether oxygens (including phenoxy) is 1. The monoisotopic (exact) mass is 564 g/mol. The van der Waals surface area contributed by atoms with Gasteiger partial charge in [0, 0.05) is 35.4 Å². The summed E-state index contributed by atoms with van der Waals surface area (Å²) in [7, 11) is -1.32. The summed E-state index contributed by atoms with van der Waals surface area (Å²) < 4.78 is 47.3. The van der Waals surface area contributed by atoms with Crippen molar-refractivity contribution in [3.63, 3.8) is 0 Å². The van der Waals surface area contributed by atoms with E-state index in [1.54, 1.807) is 23.9 Å². The number of esters is 1. The highest BCUT2D eigenvalue weighted by atomic mass is 35.5. The maximum absolute atomic E-state index is 15.1. The van der Waals surface area contributed by atoms with Crippen molar-refractivity contribution in [1.82, 2.24) is 9.29 Å². The molecule has 3 N–H and O–H groups in total. The van der Waals surface area contributed by atoms with Gasteiger partial charge in [0.1, 0.15) is 10.0 Å². The Bertz CT molecular complexity index is 1720. The Morgan fingerprint density at radius 1 is 1.05 bits per heavy atom. The van der Waals surface area contributed by atoms with E-state index >= 15 is 4.39 Å². The predicted octanol–water partition coefficient (Wildman–Crippen LogP) is 4.18. The van der Waals surface area contributed by atoms with Crippen LogP contribution in [0, 0.1) is 5.82 Å². The number of amides is 2. The second kappa shape index (κ2) is 10.2. The SMILES string of the molecule is CNc1ccc2c(=O)n(-c3ccc(NC(=O)NS(=O)(=O)c4ccc(Cl)s4)cc3F)cc(C(=O)OC)c2c1. The molecular formula is C23H18ClFN4O6S2. The molecule has 2 aromatic heterocycles. The number of carbonyl (C=O) groups excluding carboxylic acids is 2. The van der Waals surface area contributed by atoms with Crippen molar-refractivity contribution in [2.45, 2.75) is 4.21 Å². The number of pyridine rings is 1. The molecule has 0 spiro atoms. The number of halogens is 2. The molecule has 10 nitrogen and oxygen atoms in total. The highest BCUT2D eigenvalue weighted by Gasteiger charge is 2.21. The minimum absolute atomic E-state index is 0.0362. The van der Waals surface area contributed by atoms with E-state index in [0.29, 0.717) is 11.1 Å². The third kappa shape index (κ3) is 5.28. The van der Waals surface area contributed by atoms with Gasteiger partial charge in [-0.15, -0.1) is 11.3 Å². The molecule has 0 radical (unpaired) electrons. The number of methoxy groups -OCH3 is 1. The molecule has 4 rings (SSSR count). The molecule has 0 aliphatic heterocycles. The van der Waals surface area contributed by atoms with Gasteiger partial charge in [0.15, 0.2) is 0 Å². The van der Waals surface area contributed by atoms with Gasteiger partial charge in [-0.2, -0.15) is 0 Å². The van der Waals surface area contributed by atoms with E-state index in [1.807, 2.05) is 0 Å². The summed E-state index contributed by atoms with van der Waals surface area (Å²) in [5, 5.41) is 5.62. The number of thiophene rings is 1. The van der Waals surface area contributed by atoms with Crippen LogP contribution in [0.3, 0.4) is 0 Å². The molecule has 37 heavy (non-hydrogen) atoms. The second-order valence-corrected chi connectivity index (χ2v) is 11.1. The minimum Gasteiger partial charge on any atom is -0.465 e. The van der Waals surface area contributed by atoms with Crippen LogP contribution in [0.5, 0.6) is 0 Å². The van der Waals surface area contributed by atoms with Crippen LogP contribution in [0.1, 0.15) is 10.4 Å². The van der Waals surface area contributed by atoms with Gasteiger partial charge >= 0.3 is 12.0 Å². The largest absolute Gasteiger partial charge is 0.465 e. The van der Waals surface area contributed by atoms with Gasteiger partial charge in [0.25, 0.3) is 15.6 Å². The molecular weight excluding hydrogens is 547 g/mol. The lowest BCUT2D eigenvalue weighted by atomic mass is 10.1. The highest BCUT2D eigenvalue weighted by Crippen LogP contribution is 2.26. The average Bonchev–Trinajstić information content (AvgIpc) is 3.31. The summed E-state index contributed by atoms with van der Waals surface area (Å²) in [5.74, 6) is -1.65. The summed E-state index contributed by atoms with van der Waals surface area (Å²) in [6.07, 6.45) is 1.17. The molecule has 2 amide bonds. The highest BCUT2D eigenvalue weighted by molar-refractivity contribution is 7.92. The lowest BCUT2D eigenvalue weighted by Crippen LogP contribution is -2.34. The number of carbonyl (C=O) groups is 2. The van der Waals surface area contributed by atoms with Crippen LogP contribution >= 0.6 is 22.9 Å². The van der Waals surface area contributed by atoms with E-state index < -0.39 is 33.4 Å². The smallest absolute Gasteiger partial charge is 0.340 e. The van der Waals surface area contributed by atoms with Crippen molar-refractivity contribution in [3.05, 3.63) is 80.8 Å². The molecule has 0 fully saturated rings. The third-order valence-corrected chi connectivity index (χ3v) is 8.27. The average molecular weight is 565 g/mol. The van der Waals surface area contributed by atoms with E-state index in [0.717, 1.165) is 22.0 Å². The van der Waals surface area contributed by atoms with Crippen molar-refractivity contribution < 1.29 is 27.1 Å². The fourth-order valence-electron chi connectivity index (χ4n) is 3.50. The van der Waals surface area contributed by atoms with Crippen molar-refractivity contribution in [3.8, 4) is 5.69 Å². The van der Waals surface area contributed by atoms with Gasteiger partial charge in [-0.25, -0.2) is 27.1 Å². The number of hydrogen-bond acceptors (Lipinski definition) is 8. The normalized spacial score (nSPS) is 11.2. The molecule has 4 aromatic rings. The number of urea groups is 1. The van der Waals surface area contributed by atoms with Gasteiger partial charge in [-0.3, -0.25) is 9.36 Å². The van der Waals surface area contributed by atoms with Gasteiger partial charge < -0.3 is 15.4 Å². The molecule has 14 heteroatoms. The number of rotatable bonds is 6. The van der Waals surface area contributed by atoms with Crippen LogP contribution < -0.4 is 20.9 Å². The molecule has 0 atom stereocenters. The van der Waals surface area contributed by atoms with Crippen LogP contribution in [-0.4, -0.2) is 39.1 Å². The summed E-state index contributed by atoms with van der Waals surface area (Å²) in [6, 6.07) is 9.59. The maximum Gasteiger partial charge on any atom is 0.340 e. The Kier molecular flexibility index (Phi) is 7.21. The van der Waals surface area contributed by atoms with Crippen LogP contribution in [0.25, 0.3) is 16.5 Å². The van der Waals surface area contributed by atoms with E-state index in [9.17, 15) is 22.8 Å². The molecule has 0 saturated carbocycles. The lowest BCUT2D eigenvalue weighted by molar-refractivity contribution is 0.0602. The van der Waals surface area contributed by atoms with Gasteiger partial charge in [0.2, 0.25) is 0 Å². The first kappa shape index (κ1) is 26.1. The fourth-order valence-corrected chi connectivity index (χ4v) is 5.89. The molecule has 2 heterocycles. The molecule has 2 aromatic carbocycles. The maximum atomic E-state index is 15.1. The summed E-state index contributed by atoms with van der Waals surface area (Å²) in [6.45, 7) is 0. The van der Waals surface area contributed by atoms with Crippen LogP contribution in [0.2, 0.25) is 4.34 Å². The van der Waals surface area contributed by atoms with Crippen LogP contribution in [0.4, 0.5) is 20.6 Å². The Balaban J connectivity index is 1.67. The van der Waals surface area contributed by atoms with Gasteiger partial charge in [0.05, 0.1) is 22.7 Å². The lowest BCUT2D eigenvalue weighted by Gasteiger charge is -2.14. The predicted molar refractivity (Wildman–Crippen MR) is 139 cm³/mol. The van der Waals surface area contributed by atoms with Crippen molar-refractivity contribution >= 4 is 67.1 Å². The number of anilines is 2. The molecule has 0 bridgehead atoms. The molecule has 0 aliphatic rings. The molecule has 192 valence electrons. The zero-order valence-corrected chi connectivity index (χ0v) is 21.6. The summed E-state index contributed by atoms with van der Waals surface area (Å²) in [4.78, 5) is 37.8. The Morgan fingerprint density at radius 2 is 1.78 bits per heavy atom.